The van der Waals surface area contributed by atoms with Crippen LogP contribution < -0.4 is 0 Å². The van der Waals surface area contributed by atoms with Crippen LogP contribution in [0.25, 0.3) is 0 Å². The number of hydrogen-bond donors (Lipinski definition) is 0. The molecule has 0 fully saturated rings. The number of halogens is 1. The number of carbonyl (C=O) groups is 1. The first-order valence-corrected chi connectivity index (χ1v) is 8.67. The molecule has 3 aromatic rings. The normalized spacial score (nSPS) is 10.2. The average Bonchev–Trinajstić information content (AvgIpc) is 2.68. The summed E-state index contributed by atoms with van der Waals surface area (Å²) in [5.74, 6) is -0.948. The van der Waals surface area contributed by atoms with Crippen molar-refractivity contribution in [1.82, 2.24) is 0 Å². The van der Waals surface area contributed by atoms with Crippen LogP contribution >= 0.6 is 11.8 Å². The first kappa shape index (κ1) is 17.7. The molecule has 0 radical (unpaired) electrons. The number of ether oxygens (including phenoxy) is 1. The molecule has 26 heavy (non-hydrogen) atoms. The second-order valence-electron chi connectivity index (χ2n) is 5.37. The standard InChI is InChI=1S/C21H14FNO2S/c22-18-10-4-1-8-16(18)14-25-21(24)17-9-3-6-12-20(17)26-19-11-5-2-7-15(19)13-23/h1-12H,14H2. The Balaban J connectivity index is 1.79. The van der Waals surface area contributed by atoms with Crippen molar-refractivity contribution in [2.24, 2.45) is 0 Å². The highest BCUT2D eigenvalue weighted by Crippen LogP contribution is 2.33. The van der Waals surface area contributed by atoms with Gasteiger partial charge in [0.1, 0.15) is 18.5 Å². The van der Waals surface area contributed by atoms with Crippen LogP contribution in [0, 0.1) is 17.1 Å². The van der Waals surface area contributed by atoms with Gasteiger partial charge >= 0.3 is 5.97 Å². The number of esters is 1. The number of rotatable bonds is 5. The van der Waals surface area contributed by atoms with Crippen molar-refractivity contribution in [1.29, 1.82) is 5.26 Å². The van der Waals surface area contributed by atoms with Gasteiger partial charge in [-0.25, -0.2) is 9.18 Å². The molecule has 0 aliphatic carbocycles. The number of nitriles is 1. The topological polar surface area (TPSA) is 50.1 Å². The van der Waals surface area contributed by atoms with Crippen LogP contribution in [0.5, 0.6) is 0 Å². The van der Waals surface area contributed by atoms with Crippen molar-refractivity contribution in [2.45, 2.75) is 16.4 Å². The van der Waals surface area contributed by atoms with Gasteiger partial charge in [-0.2, -0.15) is 5.26 Å². The zero-order chi connectivity index (χ0) is 18.4. The van der Waals surface area contributed by atoms with E-state index in [2.05, 4.69) is 6.07 Å². The lowest BCUT2D eigenvalue weighted by molar-refractivity contribution is 0.0465. The molecule has 0 amide bonds. The predicted molar refractivity (Wildman–Crippen MR) is 97.2 cm³/mol. The van der Waals surface area contributed by atoms with Gasteiger partial charge in [-0.15, -0.1) is 0 Å². The van der Waals surface area contributed by atoms with Crippen LogP contribution in [-0.2, 0) is 11.3 Å². The Morgan fingerprint density at radius 3 is 2.38 bits per heavy atom. The van der Waals surface area contributed by atoms with Gasteiger partial charge in [0.2, 0.25) is 0 Å². The number of hydrogen-bond acceptors (Lipinski definition) is 4. The highest BCUT2D eigenvalue weighted by molar-refractivity contribution is 7.99. The first-order valence-electron chi connectivity index (χ1n) is 7.85. The van der Waals surface area contributed by atoms with E-state index in [4.69, 9.17) is 4.74 Å². The molecular weight excluding hydrogens is 349 g/mol. The minimum absolute atomic E-state index is 0.140. The van der Waals surface area contributed by atoms with E-state index >= 15 is 0 Å². The summed E-state index contributed by atoms with van der Waals surface area (Å²) in [6.07, 6.45) is 0. The summed E-state index contributed by atoms with van der Waals surface area (Å²) in [6.45, 7) is -0.140. The zero-order valence-electron chi connectivity index (χ0n) is 13.7. The lowest BCUT2D eigenvalue weighted by atomic mass is 10.2. The lowest BCUT2D eigenvalue weighted by Crippen LogP contribution is -2.07. The molecule has 0 aromatic heterocycles. The maximum Gasteiger partial charge on any atom is 0.339 e. The lowest BCUT2D eigenvalue weighted by Gasteiger charge is -2.10. The Bertz CT molecular complexity index is 981. The summed E-state index contributed by atoms with van der Waals surface area (Å²) in [4.78, 5) is 13.9. The van der Waals surface area contributed by atoms with E-state index in [1.807, 2.05) is 18.2 Å². The molecule has 128 valence electrons. The summed E-state index contributed by atoms with van der Waals surface area (Å²) in [7, 11) is 0. The molecule has 5 heteroatoms. The molecule has 0 bridgehead atoms. The molecule has 0 saturated heterocycles. The second-order valence-corrected chi connectivity index (χ2v) is 6.46. The second kappa shape index (κ2) is 8.32. The zero-order valence-corrected chi connectivity index (χ0v) is 14.5. The maximum atomic E-state index is 13.7. The first-order chi connectivity index (χ1) is 12.7. The summed E-state index contributed by atoms with van der Waals surface area (Å²) >= 11 is 1.32. The molecule has 3 aromatic carbocycles. The maximum absolute atomic E-state index is 13.7. The fourth-order valence-electron chi connectivity index (χ4n) is 2.33. The van der Waals surface area contributed by atoms with E-state index in [0.29, 0.717) is 21.6 Å². The molecule has 0 aliphatic heterocycles. The molecule has 0 saturated carbocycles. The van der Waals surface area contributed by atoms with Crippen molar-refractivity contribution in [2.75, 3.05) is 0 Å². The number of carbonyl (C=O) groups excluding carboxylic acids is 1. The van der Waals surface area contributed by atoms with Gasteiger partial charge in [0, 0.05) is 15.4 Å². The Labute approximate surface area is 155 Å². The van der Waals surface area contributed by atoms with E-state index < -0.39 is 11.8 Å². The third kappa shape index (κ3) is 4.11. The van der Waals surface area contributed by atoms with E-state index in [1.54, 1.807) is 48.5 Å². The van der Waals surface area contributed by atoms with Gasteiger partial charge < -0.3 is 4.74 Å². The summed E-state index contributed by atoms with van der Waals surface area (Å²) in [6, 6.07) is 22.5. The average molecular weight is 363 g/mol. The Kier molecular flexibility index (Phi) is 5.67. The van der Waals surface area contributed by atoms with Crippen LogP contribution in [0.1, 0.15) is 21.5 Å². The Hall–Kier alpha value is -3.10. The van der Waals surface area contributed by atoms with Crippen LogP contribution in [-0.4, -0.2) is 5.97 Å². The number of benzene rings is 3. The molecule has 3 nitrogen and oxygen atoms in total. The van der Waals surface area contributed by atoms with Crippen LogP contribution in [0.15, 0.2) is 82.6 Å². The third-order valence-electron chi connectivity index (χ3n) is 3.65. The predicted octanol–water partition coefficient (Wildman–Crippen LogP) is 5.21. The van der Waals surface area contributed by atoms with Gasteiger partial charge in [-0.05, 0) is 30.3 Å². The molecular formula is C21H14FNO2S. The molecule has 0 spiro atoms. The van der Waals surface area contributed by atoms with Crippen LogP contribution in [0.3, 0.4) is 0 Å². The van der Waals surface area contributed by atoms with Crippen LogP contribution in [0.4, 0.5) is 4.39 Å². The summed E-state index contributed by atoms with van der Waals surface area (Å²) < 4.78 is 18.9. The molecule has 0 atom stereocenters. The van der Waals surface area contributed by atoms with Gasteiger partial charge in [0.05, 0.1) is 11.1 Å². The third-order valence-corrected chi connectivity index (χ3v) is 4.80. The fraction of sp³-hybridized carbons (Fsp3) is 0.0476. The van der Waals surface area contributed by atoms with Crippen molar-refractivity contribution < 1.29 is 13.9 Å². The largest absolute Gasteiger partial charge is 0.457 e. The SMILES string of the molecule is N#Cc1ccccc1Sc1ccccc1C(=O)OCc1ccccc1F. The fourth-order valence-corrected chi connectivity index (χ4v) is 3.34. The van der Waals surface area contributed by atoms with E-state index in [-0.39, 0.29) is 6.61 Å². The monoisotopic (exact) mass is 363 g/mol. The highest BCUT2D eigenvalue weighted by Gasteiger charge is 2.15. The van der Waals surface area contributed by atoms with Gasteiger partial charge in [0.15, 0.2) is 0 Å². The van der Waals surface area contributed by atoms with E-state index in [9.17, 15) is 14.4 Å². The van der Waals surface area contributed by atoms with Crippen molar-refractivity contribution >= 4 is 17.7 Å². The minimum Gasteiger partial charge on any atom is -0.457 e. The highest BCUT2D eigenvalue weighted by atomic mass is 32.2. The van der Waals surface area contributed by atoms with Crippen molar-refractivity contribution in [3.05, 3.63) is 95.3 Å². The van der Waals surface area contributed by atoms with Gasteiger partial charge in [0.25, 0.3) is 0 Å². The summed E-state index contributed by atoms with van der Waals surface area (Å²) in [5, 5.41) is 9.22. The van der Waals surface area contributed by atoms with E-state index in [1.165, 1.54) is 17.8 Å². The van der Waals surface area contributed by atoms with Crippen LogP contribution in [0.2, 0.25) is 0 Å². The van der Waals surface area contributed by atoms with Gasteiger partial charge in [-0.3, -0.25) is 0 Å². The molecule has 3 rings (SSSR count). The summed E-state index contributed by atoms with van der Waals surface area (Å²) in [5.41, 5.74) is 1.23. The molecule has 0 unspecified atom stereocenters. The molecule has 0 N–H and O–H groups in total. The number of nitrogens with zero attached hydrogens (tertiary/aromatic N) is 1. The quantitative estimate of drug-likeness (QED) is 0.584. The van der Waals surface area contributed by atoms with Crippen molar-refractivity contribution in [3.63, 3.8) is 0 Å². The smallest absolute Gasteiger partial charge is 0.339 e. The minimum atomic E-state index is -0.536. The van der Waals surface area contributed by atoms with Crippen molar-refractivity contribution in [3.8, 4) is 6.07 Å². The Morgan fingerprint density at radius 2 is 1.62 bits per heavy atom. The van der Waals surface area contributed by atoms with Gasteiger partial charge in [-0.1, -0.05) is 54.2 Å². The van der Waals surface area contributed by atoms with E-state index in [0.717, 1.165) is 4.90 Å². The molecule has 0 heterocycles. The molecule has 0 aliphatic rings. The Morgan fingerprint density at radius 1 is 0.962 bits per heavy atom.